The Morgan fingerprint density at radius 1 is 1.37 bits per heavy atom. The molecule has 3 rings (SSSR count). The Bertz CT molecular complexity index is 572. The van der Waals surface area contributed by atoms with E-state index in [0.717, 1.165) is 23.4 Å². The minimum Gasteiger partial charge on any atom is -0.391 e. The van der Waals surface area contributed by atoms with Gasteiger partial charge in [-0.2, -0.15) is 0 Å². The van der Waals surface area contributed by atoms with E-state index in [1.165, 1.54) is 11.1 Å². The number of aromatic nitrogens is 1. The number of aryl methyl sites for hydroxylation is 2. The summed E-state index contributed by atoms with van der Waals surface area (Å²) >= 11 is 0. The average molecular weight is 258 g/mol. The van der Waals surface area contributed by atoms with E-state index < -0.39 is 0 Å². The Morgan fingerprint density at radius 2 is 2.16 bits per heavy atom. The molecule has 1 heterocycles. The van der Waals surface area contributed by atoms with Crippen LogP contribution in [0.25, 0.3) is 0 Å². The van der Waals surface area contributed by atoms with E-state index in [1.807, 2.05) is 26.0 Å². The highest BCUT2D eigenvalue weighted by Crippen LogP contribution is 2.31. The van der Waals surface area contributed by atoms with Crippen molar-refractivity contribution in [1.29, 1.82) is 0 Å². The number of nitrogens with zero attached hydrogens (tertiary/aromatic N) is 1. The van der Waals surface area contributed by atoms with Gasteiger partial charge in [-0.25, -0.2) is 0 Å². The van der Waals surface area contributed by atoms with Crippen molar-refractivity contribution in [2.45, 2.75) is 39.0 Å². The molecule has 0 fully saturated rings. The molecule has 0 bridgehead atoms. The largest absolute Gasteiger partial charge is 0.391 e. The first-order valence-electron chi connectivity index (χ1n) is 6.58. The molecule has 2 N–H and O–H groups in total. The Hall–Kier alpha value is -1.65. The molecule has 4 heteroatoms. The highest BCUT2D eigenvalue weighted by Gasteiger charge is 2.30. The van der Waals surface area contributed by atoms with E-state index in [2.05, 4.69) is 22.6 Å². The highest BCUT2D eigenvalue weighted by molar-refractivity contribution is 5.36. The second-order valence-corrected chi connectivity index (χ2v) is 5.13. The molecule has 0 spiro atoms. The van der Waals surface area contributed by atoms with Gasteiger partial charge in [0.25, 0.3) is 0 Å². The molecule has 0 aliphatic heterocycles. The Kier molecular flexibility index (Phi) is 3.12. The Labute approximate surface area is 112 Å². The van der Waals surface area contributed by atoms with Gasteiger partial charge in [-0.05, 0) is 25.0 Å². The Balaban J connectivity index is 1.77. The fourth-order valence-electron chi connectivity index (χ4n) is 2.79. The summed E-state index contributed by atoms with van der Waals surface area (Å²) < 4.78 is 5.15. The zero-order valence-corrected chi connectivity index (χ0v) is 11.2. The number of benzene rings is 1. The van der Waals surface area contributed by atoms with Gasteiger partial charge >= 0.3 is 0 Å². The van der Waals surface area contributed by atoms with Crippen LogP contribution in [0.3, 0.4) is 0 Å². The van der Waals surface area contributed by atoms with Gasteiger partial charge in [-0.3, -0.25) is 0 Å². The molecule has 2 atom stereocenters. The molecular weight excluding hydrogens is 240 g/mol. The normalized spacial score (nSPS) is 21.6. The lowest BCUT2D eigenvalue weighted by Gasteiger charge is -2.17. The van der Waals surface area contributed by atoms with Crippen molar-refractivity contribution in [3.63, 3.8) is 0 Å². The van der Waals surface area contributed by atoms with Crippen LogP contribution in [0.4, 0.5) is 0 Å². The first-order chi connectivity index (χ1) is 9.16. The quantitative estimate of drug-likeness (QED) is 0.884. The predicted molar refractivity (Wildman–Crippen MR) is 71.7 cm³/mol. The summed E-state index contributed by atoms with van der Waals surface area (Å²) in [4.78, 5) is 0. The third-order valence-electron chi connectivity index (χ3n) is 3.88. The van der Waals surface area contributed by atoms with Crippen molar-refractivity contribution < 1.29 is 9.63 Å². The fourth-order valence-corrected chi connectivity index (χ4v) is 2.79. The molecule has 0 saturated heterocycles. The smallest absolute Gasteiger partial charge is 0.138 e. The van der Waals surface area contributed by atoms with Crippen LogP contribution in [-0.4, -0.2) is 16.4 Å². The monoisotopic (exact) mass is 258 g/mol. The summed E-state index contributed by atoms with van der Waals surface area (Å²) in [6.45, 7) is 4.51. The maximum atomic E-state index is 10.2. The van der Waals surface area contributed by atoms with Crippen LogP contribution in [-0.2, 0) is 13.0 Å². The lowest BCUT2D eigenvalue weighted by Crippen LogP contribution is -2.28. The van der Waals surface area contributed by atoms with Gasteiger partial charge in [0, 0.05) is 18.5 Å². The second-order valence-electron chi connectivity index (χ2n) is 5.13. The summed E-state index contributed by atoms with van der Waals surface area (Å²) in [5.41, 5.74) is 4.41. The molecule has 2 aromatic rings. The first kappa shape index (κ1) is 12.4. The number of aliphatic hydroxyl groups is 1. The van der Waals surface area contributed by atoms with Crippen LogP contribution >= 0.6 is 0 Å². The van der Waals surface area contributed by atoms with Crippen LogP contribution in [0.2, 0.25) is 0 Å². The third kappa shape index (κ3) is 2.17. The first-order valence-corrected chi connectivity index (χ1v) is 6.58. The van der Waals surface area contributed by atoms with Gasteiger partial charge < -0.3 is 14.9 Å². The minimum absolute atomic E-state index is 0.00935. The molecule has 0 saturated carbocycles. The molecule has 19 heavy (non-hydrogen) atoms. The van der Waals surface area contributed by atoms with E-state index >= 15 is 0 Å². The van der Waals surface area contributed by atoms with Crippen molar-refractivity contribution in [3.8, 4) is 0 Å². The molecule has 1 aromatic carbocycles. The molecule has 0 radical (unpaired) electrons. The maximum absolute atomic E-state index is 10.2. The third-order valence-corrected chi connectivity index (χ3v) is 3.88. The van der Waals surface area contributed by atoms with E-state index in [1.54, 1.807) is 0 Å². The highest BCUT2D eigenvalue weighted by atomic mass is 16.5. The number of fused-ring (bicyclic) bond motifs is 1. The maximum Gasteiger partial charge on any atom is 0.138 e. The summed E-state index contributed by atoms with van der Waals surface area (Å²) in [5.74, 6) is 0.839. The molecule has 1 aromatic heterocycles. The van der Waals surface area contributed by atoms with Gasteiger partial charge in [0.2, 0.25) is 0 Å². The number of rotatable bonds is 3. The lowest BCUT2D eigenvalue weighted by molar-refractivity contribution is 0.140. The van der Waals surface area contributed by atoms with Crippen LogP contribution in [0.1, 0.15) is 34.2 Å². The SMILES string of the molecule is Cc1noc(C)c1CN[C@@H]1c2ccccc2C[C@@H]1O. The van der Waals surface area contributed by atoms with Crippen molar-refractivity contribution >= 4 is 0 Å². The van der Waals surface area contributed by atoms with E-state index in [9.17, 15) is 5.11 Å². The Morgan fingerprint density at radius 3 is 2.89 bits per heavy atom. The fraction of sp³-hybridized carbons (Fsp3) is 0.400. The summed E-state index contributed by atoms with van der Waals surface area (Å²) in [6, 6.07) is 8.18. The average Bonchev–Trinajstić information content (AvgIpc) is 2.88. The molecule has 0 unspecified atom stereocenters. The number of nitrogens with one attached hydrogen (secondary N) is 1. The number of aliphatic hydroxyl groups excluding tert-OH is 1. The van der Waals surface area contributed by atoms with Gasteiger partial charge in [0.15, 0.2) is 0 Å². The van der Waals surface area contributed by atoms with Crippen molar-refractivity contribution in [3.05, 3.63) is 52.4 Å². The predicted octanol–water partition coefficient (Wildman–Crippen LogP) is 2.04. The van der Waals surface area contributed by atoms with Gasteiger partial charge in [-0.15, -0.1) is 0 Å². The summed E-state index contributed by atoms with van der Waals surface area (Å²) in [6.07, 6.45) is 0.355. The lowest BCUT2D eigenvalue weighted by atomic mass is 10.1. The van der Waals surface area contributed by atoms with E-state index in [-0.39, 0.29) is 12.1 Å². The van der Waals surface area contributed by atoms with Crippen molar-refractivity contribution in [1.82, 2.24) is 10.5 Å². The van der Waals surface area contributed by atoms with Crippen molar-refractivity contribution in [2.24, 2.45) is 0 Å². The molecule has 4 nitrogen and oxygen atoms in total. The summed E-state index contributed by atoms with van der Waals surface area (Å²) in [5, 5.41) is 17.5. The zero-order chi connectivity index (χ0) is 13.4. The van der Waals surface area contributed by atoms with Gasteiger partial charge in [-0.1, -0.05) is 29.4 Å². The van der Waals surface area contributed by atoms with Crippen LogP contribution < -0.4 is 5.32 Å². The topological polar surface area (TPSA) is 58.3 Å². The van der Waals surface area contributed by atoms with Gasteiger partial charge in [0.1, 0.15) is 5.76 Å². The van der Waals surface area contributed by atoms with E-state index in [0.29, 0.717) is 6.54 Å². The van der Waals surface area contributed by atoms with Crippen LogP contribution in [0.5, 0.6) is 0 Å². The molecule has 100 valence electrons. The standard InChI is InChI=1S/C15H18N2O2/c1-9-13(10(2)19-17-9)8-16-15-12-6-4-3-5-11(12)7-14(15)18/h3-6,14-16,18H,7-8H2,1-2H3/t14-,15+/m0/s1. The van der Waals surface area contributed by atoms with Crippen LogP contribution in [0.15, 0.2) is 28.8 Å². The van der Waals surface area contributed by atoms with Crippen LogP contribution in [0, 0.1) is 13.8 Å². The molecule has 1 aliphatic rings. The molecule has 1 aliphatic carbocycles. The molecular formula is C15H18N2O2. The number of hydrogen-bond acceptors (Lipinski definition) is 4. The minimum atomic E-state index is -0.363. The number of hydrogen-bond donors (Lipinski definition) is 2. The zero-order valence-electron chi connectivity index (χ0n) is 11.2. The molecule has 0 amide bonds. The van der Waals surface area contributed by atoms with Gasteiger partial charge in [0.05, 0.1) is 17.8 Å². The van der Waals surface area contributed by atoms with E-state index in [4.69, 9.17) is 4.52 Å². The van der Waals surface area contributed by atoms with Crippen molar-refractivity contribution in [2.75, 3.05) is 0 Å². The second kappa shape index (κ2) is 4.79. The summed E-state index contributed by atoms with van der Waals surface area (Å²) in [7, 11) is 0.